The van der Waals surface area contributed by atoms with Crippen molar-refractivity contribution in [2.24, 2.45) is 5.73 Å². The molecule has 114 valence electrons. The largest absolute Gasteiger partial charge is 0.330 e. The molecule has 2 N–H and O–H groups in total. The molecule has 1 nitrogen and oxygen atoms in total. The van der Waals surface area contributed by atoms with Gasteiger partial charge in [-0.1, -0.05) is 83.1 Å². The van der Waals surface area contributed by atoms with Crippen molar-refractivity contribution < 1.29 is 0 Å². The fraction of sp³-hybridized carbons (Fsp3) is 0.889. The van der Waals surface area contributed by atoms with Crippen molar-refractivity contribution in [1.29, 1.82) is 0 Å². The van der Waals surface area contributed by atoms with Crippen LogP contribution in [0.15, 0.2) is 12.7 Å². The Kier molecular flexibility index (Phi) is 17.4. The van der Waals surface area contributed by atoms with E-state index in [1.165, 1.54) is 96.3 Å². The molecule has 0 spiro atoms. The van der Waals surface area contributed by atoms with E-state index < -0.39 is 0 Å². The monoisotopic (exact) mass is 267 g/mol. The van der Waals surface area contributed by atoms with Crippen molar-refractivity contribution >= 4 is 0 Å². The van der Waals surface area contributed by atoms with Crippen molar-refractivity contribution in [3.8, 4) is 0 Å². The van der Waals surface area contributed by atoms with Gasteiger partial charge >= 0.3 is 0 Å². The van der Waals surface area contributed by atoms with Gasteiger partial charge in [0, 0.05) is 0 Å². The molecule has 0 radical (unpaired) electrons. The molecule has 0 aliphatic carbocycles. The number of nitrogens with two attached hydrogens (primary N) is 1. The molecule has 0 bridgehead atoms. The van der Waals surface area contributed by atoms with Gasteiger partial charge in [-0.05, 0) is 25.8 Å². The van der Waals surface area contributed by atoms with E-state index in [1.807, 2.05) is 6.08 Å². The Hall–Kier alpha value is -0.300. The summed E-state index contributed by atoms with van der Waals surface area (Å²) in [6, 6.07) is 0. The maximum atomic E-state index is 5.48. The zero-order valence-corrected chi connectivity index (χ0v) is 13.2. The molecule has 0 saturated heterocycles. The van der Waals surface area contributed by atoms with E-state index in [4.69, 9.17) is 5.73 Å². The van der Waals surface area contributed by atoms with Gasteiger partial charge in [0.25, 0.3) is 0 Å². The van der Waals surface area contributed by atoms with E-state index in [0.717, 1.165) is 6.54 Å². The molecular formula is C18H37N. The van der Waals surface area contributed by atoms with E-state index >= 15 is 0 Å². The Bertz CT molecular complexity index is 165. The summed E-state index contributed by atoms with van der Waals surface area (Å²) in [6.45, 7) is 4.63. The Morgan fingerprint density at radius 2 is 0.842 bits per heavy atom. The van der Waals surface area contributed by atoms with Crippen molar-refractivity contribution in [3.63, 3.8) is 0 Å². The van der Waals surface area contributed by atoms with Crippen molar-refractivity contribution in [1.82, 2.24) is 0 Å². The average Bonchev–Trinajstić information content (AvgIpc) is 2.43. The molecule has 0 unspecified atom stereocenters. The van der Waals surface area contributed by atoms with Gasteiger partial charge in [-0.2, -0.15) is 0 Å². The second-order valence-corrected chi connectivity index (χ2v) is 5.82. The summed E-state index contributed by atoms with van der Waals surface area (Å²) >= 11 is 0. The summed E-state index contributed by atoms with van der Waals surface area (Å²) in [5, 5.41) is 0. The van der Waals surface area contributed by atoms with E-state index in [2.05, 4.69) is 6.58 Å². The number of hydrogen-bond donors (Lipinski definition) is 1. The maximum Gasteiger partial charge on any atom is -0.00773 e. The molecule has 0 amide bonds. The van der Waals surface area contributed by atoms with Crippen LogP contribution in [-0.2, 0) is 0 Å². The molecule has 0 aromatic rings. The number of hydrogen-bond acceptors (Lipinski definition) is 1. The predicted molar refractivity (Wildman–Crippen MR) is 88.5 cm³/mol. The highest BCUT2D eigenvalue weighted by Crippen LogP contribution is 2.13. The fourth-order valence-electron chi connectivity index (χ4n) is 2.55. The predicted octanol–water partition coefficient (Wildman–Crippen LogP) is 5.98. The van der Waals surface area contributed by atoms with E-state index in [-0.39, 0.29) is 0 Å². The van der Waals surface area contributed by atoms with Gasteiger partial charge in [0.15, 0.2) is 0 Å². The molecule has 0 atom stereocenters. The molecule has 0 aliphatic rings. The van der Waals surface area contributed by atoms with Crippen LogP contribution in [0, 0.1) is 0 Å². The minimum Gasteiger partial charge on any atom is -0.330 e. The zero-order valence-electron chi connectivity index (χ0n) is 13.2. The molecule has 0 aliphatic heterocycles. The minimum absolute atomic E-state index is 0.869. The smallest absolute Gasteiger partial charge is 0.00773 e. The van der Waals surface area contributed by atoms with Gasteiger partial charge in [-0.3, -0.25) is 0 Å². The Labute approximate surface area is 122 Å². The summed E-state index contributed by atoms with van der Waals surface area (Å²) in [7, 11) is 0. The lowest BCUT2D eigenvalue weighted by atomic mass is 10.0. The molecule has 1 heteroatoms. The third-order valence-electron chi connectivity index (χ3n) is 3.86. The number of allylic oxidation sites excluding steroid dienone is 1. The molecule has 0 aromatic heterocycles. The van der Waals surface area contributed by atoms with Gasteiger partial charge in [0.05, 0.1) is 0 Å². The molecule has 0 heterocycles. The van der Waals surface area contributed by atoms with Crippen molar-refractivity contribution in [2.45, 2.75) is 96.3 Å². The third kappa shape index (κ3) is 17.7. The van der Waals surface area contributed by atoms with E-state index in [0.29, 0.717) is 0 Å². The summed E-state index contributed by atoms with van der Waals surface area (Å²) < 4.78 is 0. The van der Waals surface area contributed by atoms with Crippen LogP contribution in [-0.4, -0.2) is 6.54 Å². The SMILES string of the molecule is C=CCCCCCCCCCCCCCCCCN. The van der Waals surface area contributed by atoms with E-state index in [1.54, 1.807) is 0 Å². The lowest BCUT2D eigenvalue weighted by Crippen LogP contribution is -1.97. The Morgan fingerprint density at radius 3 is 1.16 bits per heavy atom. The first-order valence-corrected chi connectivity index (χ1v) is 8.72. The summed E-state index contributed by atoms with van der Waals surface area (Å²) in [4.78, 5) is 0. The zero-order chi connectivity index (χ0) is 14.0. The quantitative estimate of drug-likeness (QED) is 0.270. The van der Waals surface area contributed by atoms with Crippen LogP contribution in [0.2, 0.25) is 0 Å². The average molecular weight is 268 g/mol. The van der Waals surface area contributed by atoms with Gasteiger partial charge in [-0.15, -0.1) is 6.58 Å². The summed E-state index contributed by atoms with van der Waals surface area (Å²) in [5.41, 5.74) is 5.48. The second-order valence-electron chi connectivity index (χ2n) is 5.82. The molecule has 0 aromatic carbocycles. The molecular weight excluding hydrogens is 230 g/mol. The normalized spacial score (nSPS) is 10.8. The Morgan fingerprint density at radius 1 is 0.526 bits per heavy atom. The van der Waals surface area contributed by atoms with Crippen LogP contribution in [0.25, 0.3) is 0 Å². The Balaban J connectivity index is 2.89. The fourth-order valence-corrected chi connectivity index (χ4v) is 2.55. The molecule has 0 fully saturated rings. The standard InChI is InChI=1S/C18H37N/c1-2-3-4-5-6-7-8-9-10-11-12-13-14-15-16-17-18-19/h2H,1,3-19H2. The lowest BCUT2D eigenvalue weighted by molar-refractivity contribution is 0.534. The highest BCUT2D eigenvalue weighted by atomic mass is 14.5. The van der Waals surface area contributed by atoms with Crippen LogP contribution < -0.4 is 5.73 Å². The topological polar surface area (TPSA) is 26.0 Å². The lowest BCUT2D eigenvalue weighted by Gasteiger charge is -2.03. The highest BCUT2D eigenvalue weighted by molar-refractivity contribution is 4.65. The summed E-state index contributed by atoms with van der Waals surface area (Å²) in [6.07, 6.45) is 22.9. The maximum absolute atomic E-state index is 5.48. The van der Waals surface area contributed by atoms with E-state index in [9.17, 15) is 0 Å². The highest BCUT2D eigenvalue weighted by Gasteiger charge is 1.93. The minimum atomic E-state index is 0.869. The second kappa shape index (κ2) is 17.7. The number of rotatable bonds is 16. The van der Waals surface area contributed by atoms with Crippen LogP contribution >= 0.6 is 0 Å². The summed E-state index contributed by atoms with van der Waals surface area (Å²) in [5.74, 6) is 0. The first-order chi connectivity index (χ1) is 9.41. The van der Waals surface area contributed by atoms with Crippen molar-refractivity contribution in [2.75, 3.05) is 6.54 Å². The van der Waals surface area contributed by atoms with Gasteiger partial charge in [0.2, 0.25) is 0 Å². The first-order valence-electron chi connectivity index (χ1n) is 8.72. The van der Waals surface area contributed by atoms with Crippen LogP contribution in [0.4, 0.5) is 0 Å². The van der Waals surface area contributed by atoms with Crippen molar-refractivity contribution in [3.05, 3.63) is 12.7 Å². The van der Waals surface area contributed by atoms with Gasteiger partial charge < -0.3 is 5.73 Å². The van der Waals surface area contributed by atoms with Crippen LogP contribution in [0.3, 0.4) is 0 Å². The van der Waals surface area contributed by atoms with Gasteiger partial charge in [0.1, 0.15) is 0 Å². The van der Waals surface area contributed by atoms with Crippen LogP contribution in [0.1, 0.15) is 96.3 Å². The van der Waals surface area contributed by atoms with Gasteiger partial charge in [-0.25, -0.2) is 0 Å². The molecule has 0 rings (SSSR count). The number of unbranched alkanes of at least 4 members (excludes halogenated alkanes) is 14. The molecule has 19 heavy (non-hydrogen) atoms. The first kappa shape index (κ1) is 18.7. The van der Waals surface area contributed by atoms with Crippen LogP contribution in [0.5, 0.6) is 0 Å². The third-order valence-corrected chi connectivity index (χ3v) is 3.86. The molecule has 0 saturated carbocycles.